The smallest absolute Gasteiger partial charge is 0.308 e. The summed E-state index contributed by atoms with van der Waals surface area (Å²) in [6.45, 7) is 3.87. The van der Waals surface area contributed by atoms with E-state index in [0.717, 1.165) is 17.7 Å². The van der Waals surface area contributed by atoms with E-state index in [-0.39, 0.29) is 12.5 Å². The maximum atomic E-state index is 12.7. The summed E-state index contributed by atoms with van der Waals surface area (Å²) < 4.78 is 0. The highest BCUT2D eigenvalue weighted by atomic mass is 16.4. The summed E-state index contributed by atoms with van der Waals surface area (Å²) >= 11 is 0. The first-order valence-electron chi connectivity index (χ1n) is 7.28. The summed E-state index contributed by atoms with van der Waals surface area (Å²) in [4.78, 5) is 25.6. The molecule has 21 heavy (non-hydrogen) atoms. The van der Waals surface area contributed by atoms with Gasteiger partial charge in [-0.25, -0.2) is 0 Å². The van der Waals surface area contributed by atoms with Crippen LogP contribution in [0.15, 0.2) is 24.3 Å². The number of hydrogen-bond donors (Lipinski definition) is 2. The van der Waals surface area contributed by atoms with E-state index in [9.17, 15) is 14.7 Å². The lowest BCUT2D eigenvalue weighted by Crippen LogP contribution is -2.56. The Morgan fingerprint density at radius 2 is 2.10 bits per heavy atom. The van der Waals surface area contributed by atoms with Crippen molar-refractivity contribution in [2.45, 2.75) is 38.6 Å². The summed E-state index contributed by atoms with van der Waals surface area (Å²) in [6, 6.07) is 7.44. The molecule has 1 heterocycles. The Morgan fingerprint density at radius 1 is 1.43 bits per heavy atom. The van der Waals surface area contributed by atoms with Gasteiger partial charge in [-0.2, -0.15) is 0 Å². The first-order valence-corrected chi connectivity index (χ1v) is 7.28. The van der Waals surface area contributed by atoms with Crippen LogP contribution in [0, 0.1) is 5.92 Å². The highest BCUT2D eigenvalue weighted by molar-refractivity contribution is 6.01. The number of benzene rings is 1. The predicted octanol–water partition coefficient (Wildman–Crippen LogP) is 1.79. The average molecular weight is 290 g/mol. The van der Waals surface area contributed by atoms with Gasteiger partial charge < -0.3 is 15.7 Å². The van der Waals surface area contributed by atoms with Crippen LogP contribution in [0.1, 0.15) is 32.3 Å². The van der Waals surface area contributed by atoms with Crippen LogP contribution < -0.4 is 10.6 Å². The van der Waals surface area contributed by atoms with E-state index >= 15 is 0 Å². The number of para-hydroxylation sites is 1. The lowest BCUT2D eigenvalue weighted by atomic mass is 9.89. The van der Waals surface area contributed by atoms with Crippen molar-refractivity contribution >= 4 is 17.6 Å². The number of anilines is 1. The lowest BCUT2D eigenvalue weighted by molar-refractivity contribution is -0.141. The molecule has 0 bridgehead atoms. The highest BCUT2D eigenvalue weighted by Crippen LogP contribution is 2.31. The maximum absolute atomic E-state index is 12.7. The van der Waals surface area contributed by atoms with Gasteiger partial charge in [0.25, 0.3) is 0 Å². The molecule has 1 amide bonds. The number of aliphatic carboxylic acids is 1. The third-order valence-electron chi connectivity index (χ3n) is 4.00. The fraction of sp³-hybridized carbons (Fsp3) is 0.500. The molecule has 3 N–H and O–H groups in total. The second-order valence-corrected chi connectivity index (χ2v) is 5.95. The van der Waals surface area contributed by atoms with Crippen molar-refractivity contribution in [1.29, 1.82) is 0 Å². The number of nitrogens with zero attached hydrogens (tertiary/aromatic N) is 1. The summed E-state index contributed by atoms with van der Waals surface area (Å²) in [5.41, 5.74) is 6.84. The molecule has 114 valence electrons. The Kier molecular flexibility index (Phi) is 4.32. The first-order chi connectivity index (χ1) is 9.86. The standard InChI is InChI=1S/C16H22N2O3/c1-3-8-16(2,17)15(21)18-10-12(14(19)20)9-11-6-4-5-7-13(11)18/h4-7,12H,3,8-10,17H2,1-2H3,(H,19,20). The van der Waals surface area contributed by atoms with Crippen LogP contribution in [0.4, 0.5) is 5.69 Å². The lowest BCUT2D eigenvalue weighted by Gasteiger charge is -2.37. The van der Waals surface area contributed by atoms with Gasteiger partial charge in [0.2, 0.25) is 5.91 Å². The predicted molar refractivity (Wildman–Crippen MR) is 81.1 cm³/mol. The van der Waals surface area contributed by atoms with E-state index in [4.69, 9.17) is 5.73 Å². The number of rotatable bonds is 4. The van der Waals surface area contributed by atoms with Crippen LogP contribution in [0.5, 0.6) is 0 Å². The van der Waals surface area contributed by atoms with Crippen LogP contribution in [0.2, 0.25) is 0 Å². The molecule has 2 unspecified atom stereocenters. The van der Waals surface area contributed by atoms with Crippen LogP contribution in [0.25, 0.3) is 0 Å². The Balaban J connectivity index is 2.37. The zero-order valence-corrected chi connectivity index (χ0v) is 12.5. The van der Waals surface area contributed by atoms with Gasteiger partial charge in [0, 0.05) is 12.2 Å². The summed E-state index contributed by atoms with van der Waals surface area (Å²) in [7, 11) is 0. The molecule has 1 aliphatic rings. The summed E-state index contributed by atoms with van der Waals surface area (Å²) in [5, 5.41) is 9.30. The Bertz CT molecular complexity index is 554. The zero-order valence-electron chi connectivity index (χ0n) is 12.5. The zero-order chi connectivity index (χ0) is 15.6. The van der Waals surface area contributed by atoms with Gasteiger partial charge in [-0.1, -0.05) is 31.5 Å². The Morgan fingerprint density at radius 3 is 2.71 bits per heavy atom. The third kappa shape index (κ3) is 3.08. The molecule has 2 atom stereocenters. The Hall–Kier alpha value is -1.88. The van der Waals surface area contributed by atoms with Crippen molar-refractivity contribution in [2.24, 2.45) is 11.7 Å². The molecule has 1 aliphatic heterocycles. The van der Waals surface area contributed by atoms with E-state index < -0.39 is 17.4 Å². The number of carbonyl (C=O) groups excluding carboxylic acids is 1. The fourth-order valence-electron chi connectivity index (χ4n) is 2.89. The molecule has 0 saturated carbocycles. The van der Waals surface area contributed by atoms with Gasteiger partial charge in [-0.05, 0) is 31.4 Å². The molecule has 0 saturated heterocycles. The second kappa shape index (κ2) is 5.85. The van der Waals surface area contributed by atoms with Crippen LogP contribution in [-0.2, 0) is 16.0 Å². The van der Waals surface area contributed by atoms with Crippen molar-refractivity contribution in [3.05, 3.63) is 29.8 Å². The number of nitrogens with two attached hydrogens (primary N) is 1. The van der Waals surface area contributed by atoms with Gasteiger partial charge in [0.1, 0.15) is 0 Å². The largest absolute Gasteiger partial charge is 0.481 e. The summed E-state index contributed by atoms with van der Waals surface area (Å²) in [5.74, 6) is -1.67. The fourth-order valence-corrected chi connectivity index (χ4v) is 2.89. The molecule has 5 nitrogen and oxygen atoms in total. The SMILES string of the molecule is CCCC(C)(N)C(=O)N1CC(C(=O)O)Cc2ccccc21. The average Bonchev–Trinajstić information content (AvgIpc) is 2.45. The molecule has 0 aromatic heterocycles. The molecular weight excluding hydrogens is 268 g/mol. The number of carboxylic acids is 1. The minimum absolute atomic E-state index is 0.182. The van der Waals surface area contributed by atoms with E-state index in [1.54, 1.807) is 11.8 Å². The molecule has 2 rings (SSSR count). The minimum atomic E-state index is -0.970. The number of carbonyl (C=O) groups is 2. The minimum Gasteiger partial charge on any atom is -0.481 e. The first kappa shape index (κ1) is 15.5. The van der Waals surface area contributed by atoms with Crippen molar-refractivity contribution in [3.8, 4) is 0 Å². The van der Waals surface area contributed by atoms with E-state index in [0.29, 0.717) is 12.8 Å². The van der Waals surface area contributed by atoms with Crippen LogP contribution in [-0.4, -0.2) is 29.1 Å². The van der Waals surface area contributed by atoms with Crippen molar-refractivity contribution in [1.82, 2.24) is 0 Å². The number of carboxylic acid groups (broad SMARTS) is 1. The van der Waals surface area contributed by atoms with Crippen molar-refractivity contribution < 1.29 is 14.7 Å². The van der Waals surface area contributed by atoms with Gasteiger partial charge in [-0.15, -0.1) is 0 Å². The van der Waals surface area contributed by atoms with Gasteiger partial charge >= 0.3 is 5.97 Å². The van der Waals surface area contributed by atoms with Crippen LogP contribution in [0.3, 0.4) is 0 Å². The molecule has 1 aromatic carbocycles. The molecule has 0 radical (unpaired) electrons. The Labute approximate surface area is 124 Å². The maximum Gasteiger partial charge on any atom is 0.308 e. The van der Waals surface area contributed by atoms with E-state index in [2.05, 4.69) is 0 Å². The van der Waals surface area contributed by atoms with Gasteiger partial charge in [0.15, 0.2) is 0 Å². The third-order valence-corrected chi connectivity index (χ3v) is 4.00. The number of amides is 1. The molecule has 0 aliphatic carbocycles. The number of fused-ring (bicyclic) bond motifs is 1. The quantitative estimate of drug-likeness (QED) is 0.885. The molecule has 0 spiro atoms. The monoisotopic (exact) mass is 290 g/mol. The normalized spacial score (nSPS) is 20.5. The van der Waals surface area contributed by atoms with E-state index in [1.807, 2.05) is 31.2 Å². The topological polar surface area (TPSA) is 83.6 Å². The van der Waals surface area contributed by atoms with Crippen molar-refractivity contribution in [2.75, 3.05) is 11.4 Å². The second-order valence-electron chi connectivity index (χ2n) is 5.95. The van der Waals surface area contributed by atoms with Gasteiger partial charge in [-0.3, -0.25) is 9.59 Å². The summed E-state index contributed by atoms with van der Waals surface area (Å²) in [6.07, 6.45) is 1.82. The molecule has 1 aromatic rings. The molecular formula is C16H22N2O3. The molecule has 0 fully saturated rings. The number of hydrogen-bond acceptors (Lipinski definition) is 3. The highest BCUT2D eigenvalue weighted by Gasteiger charge is 2.38. The van der Waals surface area contributed by atoms with Crippen molar-refractivity contribution in [3.63, 3.8) is 0 Å². The van der Waals surface area contributed by atoms with Crippen LogP contribution >= 0.6 is 0 Å². The molecule has 5 heteroatoms. The van der Waals surface area contributed by atoms with E-state index in [1.165, 1.54) is 0 Å². The van der Waals surface area contributed by atoms with Gasteiger partial charge in [0.05, 0.1) is 11.5 Å².